The molecule has 1 aliphatic rings. The average molecular weight is 704 g/mol. The quantitative estimate of drug-likeness (QED) is 0.186. The number of thiazole rings is 1. The third-order valence-electron chi connectivity index (χ3n) is 9.76. The van der Waals surface area contributed by atoms with Crippen molar-refractivity contribution in [3.63, 3.8) is 0 Å². The van der Waals surface area contributed by atoms with E-state index in [0.717, 1.165) is 42.7 Å². The number of carbonyl (C=O) groups excluding carboxylic acids is 3. The summed E-state index contributed by atoms with van der Waals surface area (Å²) in [7, 11) is 3.64. The molecule has 0 aliphatic carbocycles. The van der Waals surface area contributed by atoms with Crippen molar-refractivity contribution < 1.29 is 33.8 Å². The van der Waals surface area contributed by atoms with Crippen LogP contribution in [-0.4, -0.2) is 93.5 Å². The molecule has 11 nitrogen and oxygen atoms in total. The van der Waals surface area contributed by atoms with Gasteiger partial charge in [-0.25, -0.2) is 9.37 Å². The molecule has 4 N–H and O–H groups in total. The third kappa shape index (κ3) is 11.3. The topological polar surface area (TPSA) is 152 Å². The summed E-state index contributed by atoms with van der Waals surface area (Å²) in [5.41, 5.74) is 0.831. The Morgan fingerprint density at radius 1 is 1.08 bits per heavy atom. The largest absolute Gasteiger partial charge is 0.481 e. The van der Waals surface area contributed by atoms with Crippen molar-refractivity contribution in [2.24, 2.45) is 17.8 Å². The number of likely N-dealkylation sites (N-methyl/N-ethyl adjacent to an activating group) is 2. The van der Waals surface area contributed by atoms with Crippen molar-refractivity contribution >= 4 is 35.0 Å². The predicted molar refractivity (Wildman–Crippen MR) is 188 cm³/mol. The van der Waals surface area contributed by atoms with Gasteiger partial charge in [0.25, 0.3) is 5.91 Å². The number of carboxylic acids is 1. The zero-order chi connectivity index (χ0) is 36.4. The number of aliphatic hydroxyl groups excluding tert-OH is 1. The van der Waals surface area contributed by atoms with Crippen LogP contribution in [0.5, 0.6) is 0 Å². The Labute approximate surface area is 293 Å². The fourth-order valence-electron chi connectivity index (χ4n) is 6.36. The lowest BCUT2D eigenvalue weighted by atomic mass is 9.92. The highest BCUT2D eigenvalue weighted by Crippen LogP contribution is 2.28. The molecule has 13 heteroatoms. The first-order valence-corrected chi connectivity index (χ1v) is 18.2. The van der Waals surface area contributed by atoms with E-state index < -0.39 is 41.8 Å². The molecule has 0 bridgehead atoms. The number of hydrogen-bond acceptors (Lipinski definition) is 8. The minimum absolute atomic E-state index is 0.0347. The van der Waals surface area contributed by atoms with Crippen LogP contribution < -0.4 is 10.6 Å². The molecule has 1 fully saturated rings. The first-order valence-electron chi connectivity index (χ1n) is 17.3. The standard InChI is InChI=1S/C36H54FN5O6S/c1-8-22(4)31(40-33(45)28-11-9-10-16-41(28)6)35(46)42(7)29(21(2)3)19-30(43)34-39-27(20-49-34)32(44)38-26(17-23(5)36(47)48)18-24-12-14-25(37)15-13-24/h12-15,20-23,26,28-31,43H,8-11,16-19H2,1-7H3,(H,38,44)(H,40,45)(H,47,48)/t22?,23-,26?,28?,29?,30+,31-/m0/s1. The normalized spacial score (nSPS) is 18.9. The number of rotatable bonds is 17. The van der Waals surface area contributed by atoms with E-state index in [0.29, 0.717) is 17.8 Å². The van der Waals surface area contributed by atoms with Crippen molar-refractivity contribution in [2.45, 2.75) is 110 Å². The molecular weight excluding hydrogens is 649 g/mol. The molecule has 1 saturated heterocycles. The van der Waals surface area contributed by atoms with Crippen LogP contribution in [0, 0.1) is 23.6 Å². The van der Waals surface area contributed by atoms with Crippen LogP contribution >= 0.6 is 11.3 Å². The first-order chi connectivity index (χ1) is 23.1. The minimum Gasteiger partial charge on any atom is -0.481 e. The number of aromatic nitrogens is 1. The lowest BCUT2D eigenvalue weighted by Crippen LogP contribution is -2.58. The molecule has 49 heavy (non-hydrogen) atoms. The van der Waals surface area contributed by atoms with Crippen molar-refractivity contribution in [2.75, 3.05) is 20.6 Å². The Hall–Kier alpha value is -3.42. The predicted octanol–water partition coefficient (Wildman–Crippen LogP) is 4.66. The summed E-state index contributed by atoms with van der Waals surface area (Å²) in [6.45, 7) is 10.3. The molecule has 272 valence electrons. The van der Waals surface area contributed by atoms with Crippen LogP contribution in [-0.2, 0) is 20.8 Å². The maximum atomic E-state index is 14.0. The van der Waals surface area contributed by atoms with E-state index in [4.69, 9.17) is 0 Å². The molecule has 3 rings (SSSR count). The second-order valence-electron chi connectivity index (χ2n) is 13.9. The van der Waals surface area contributed by atoms with Gasteiger partial charge in [0, 0.05) is 30.9 Å². The first kappa shape index (κ1) is 40.0. The minimum atomic E-state index is -1.07. The van der Waals surface area contributed by atoms with Crippen LogP contribution in [0.4, 0.5) is 4.39 Å². The van der Waals surface area contributed by atoms with Gasteiger partial charge in [-0.3, -0.25) is 24.1 Å². The van der Waals surface area contributed by atoms with Gasteiger partial charge in [0.05, 0.1) is 12.0 Å². The lowest BCUT2D eigenvalue weighted by Gasteiger charge is -2.38. The number of carboxylic acid groups (broad SMARTS) is 1. The van der Waals surface area contributed by atoms with Gasteiger partial charge in [-0.15, -0.1) is 11.3 Å². The number of piperidine rings is 1. The van der Waals surface area contributed by atoms with E-state index in [1.54, 1.807) is 36.4 Å². The monoisotopic (exact) mass is 703 g/mol. The van der Waals surface area contributed by atoms with Crippen LogP contribution in [0.1, 0.15) is 100 Å². The molecule has 2 aromatic rings. The molecule has 0 spiro atoms. The number of nitrogens with one attached hydrogen (secondary N) is 2. The van der Waals surface area contributed by atoms with Crippen molar-refractivity contribution in [1.29, 1.82) is 0 Å². The Morgan fingerprint density at radius 2 is 1.76 bits per heavy atom. The van der Waals surface area contributed by atoms with Crippen LogP contribution in [0.3, 0.4) is 0 Å². The second-order valence-corrected chi connectivity index (χ2v) is 14.8. The van der Waals surface area contributed by atoms with Gasteiger partial charge in [0.1, 0.15) is 28.7 Å². The molecule has 0 radical (unpaired) electrons. The fourth-order valence-corrected chi connectivity index (χ4v) is 7.16. The molecular formula is C36H54FN5O6S. The smallest absolute Gasteiger partial charge is 0.306 e. The summed E-state index contributed by atoms with van der Waals surface area (Å²) in [5, 5.41) is 28.5. The molecule has 3 amide bonds. The molecule has 1 aliphatic heterocycles. The van der Waals surface area contributed by atoms with E-state index in [9.17, 15) is 33.8 Å². The van der Waals surface area contributed by atoms with Crippen LogP contribution in [0.25, 0.3) is 0 Å². The van der Waals surface area contributed by atoms with E-state index in [1.807, 2.05) is 39.6 Å². The SMILES string of the molecule is CCC(C)[C@H](NC(=O)C1CCCCN1C)C(=O)N(C)C(C[C@@H](O)c1nc(C(=O)NC(Cc2ccc(F)cc2)C[C@H](C)C(=O)O)cs1)C(C)C. The summed E-state index contributed by atoms with van der Waals surface area (Å²) in [6.07, 6.45) is 3.03. The van der Waals surface area contributed by atoms with Crippen molar-refractivity contribution in [3.05, 3.63) is 51.7 Å². The number of likely N-dealkylation sites (tertiary alicyclic amines) is 1. The number of carbonyl (C=O) groups is 4. The van der Waals surface area contributed by atoms with Crippen LogP contribution in [0.15, 0.2) is 29.6 Å². The fraction of sp³-hybridized carbons (Fsp3) is 0.639. The zero-order valence-electron chi connectivity index (χ0n) is 29.8. The van der Waals surface area contributed by atoms with Gasteiger partial charge in [0.2, 0.25) is 11.8 Å². The van der Waals surface area contributed by atoms with E-state index >= 15 is 0 Å². The lowest BCUT2D eigenvalue weighted by molar-refractivity contribution is -0.141. The number of nitrogens with zero attached hydrogens (tertiary/aromatic N) is 3. The third-order valence-corrected chi connectivity index (χ3v) is 10.7. The van der Waals surface area contributed by atoms with Crippen molar-refractivity contribution in [1.82, 2.24) is 25.4 Å². The maximum absolute atomic E-state index is 14.0. The highest BCUT2D eigenvalue weighted by Gasteiger charge is 2.36. The summed E-state index contributed by atoms with van der Waals surface area (Å²) < 4.78 is 13.4. The number of hydrogen-bond donors (Lipinski definition) is 4. The molecule has 4 unspecified atom stereocenters. The average Bonchev–Trinajstić information content (AvgIpc) is 3.57. The summed E-state index contributed by atoms with van der Waals surface area (Å²) in [6, 6.07) is 3.90. The highest BCUT2D eigenvalue weighted by atomic mass is 32.1. The number of amides is 3. The maximum Gasteiger partial charge on any atom is 0.306 e. The summed E-state index contributed by atoms with van der Waals surface area (Å²) >= 11 is 1.13. The molecule has 2 heterocycles. The van der Waals surface area contributed by atoms with Gasteiger partial charge in [-0.2, -0.15) is 0 Å². The number of benzene rings is 1. The van der Waals surface area contributed by atoms with E-state index in [2.05, 4.69) is 15.6 Å². The molecule has 7 atom stereocenters. The zero-order valence-corrected chi connectivity index (χ0v) is 30.6. The van der Waals surface area contributed by atoms with Gasteiger partial charge in [-0.1, -0.05) is 59.6 Å². The van der Waals surface area contributed by atoms with E-state index in [1.165, 1.54) is 12.1 Å². The number of aliphatic hydroxyl groups is 1. The molecule has 1 aromatic heterocycles. The van der Waals surface area contributed by atoms with Gasteiger partial charge in [-0.05, 0) is 68.8 Å². The number of halogens is 1. The summed E-state index contributed by atoms with van der Waals surface area (Å²) in [5.74, 6) is -3.11. The van der Waals surface area contributed by atoms with E-state index in [-0.39, 0.29) is 54.3 Å². The van der Waals surface area contributed by atoms with Gasteiger partial charge < -0.3 is 25.7 Å². The van der Waals surface area contributed by atoms with Crippen molar-refractivity contribution in [3.8, 4) is 0 Å². The van der Waals surface area contributed by atoms with Crippen LogP contribution in [0.2, 0.25) is 0 Å². The van der Waals surface area contributed by atoms with Gasteiger partial charge >= 0.3 is 5.97 Å². The van der Waals surface area contributed by atoms with Gasteiger partial charge in [0.15, 0.2) is 0 Å². The highest BCUT2D eigenvalue weighted by molar-refractivity contribution is 7.09. The number of aliphatic carboxylic acids is 1. The second kappa shape index (κ2) is 18.5. The Bertz CT molecular complexity index is 1400. The summed E-state index contributed by atoms with van der Waals surface area (Å²) in [4.78, 5) is 60.2. The Morgan fingerprint density at radius 3 is 2.35 bits per heavy atom. The Kier molecular flexibility index (Phi) is 15.1. The Balaban J connectivity index is 1.71. The molecule has 1 aromatic carbocycles. The molecule has 0 saturated carbocycles.